The molecular weight excluding hydrogens is 414 g/mol. The number of nitrogens with zero attached hydrogens (tertiary/aromatic N) is 1. The molecule has 1 saturated heterocycles. The van der Waals surface area contributed by atoms with Crippen molar-refractivity contribution in [2.45, 2.75) is 96.3 Å². The standard InChI is InChI=1S/C31H42NSi/c1-21-17-27(24-9-7-8-10-24)20-30(23(21)3)31-29-12-11-26(19-28(29)18-22(2)32(31)4)25-13-15-33(5,6)16-14-25/h11-12,17-20,24-25H,7-10,13-16H2,1-6H3/q+1/i18D. The zero-order valence-electron chi connectivity index (χ0n) is 22.6. The number of aryl methyl sites for hydroxylation is 1. The van der Waals surface area contributed by atoms with E-state index in [0.717, 1.165) is 11.1 Å². The Hall–Kier alpha value is -1.93. The largest absolute Gasteiger partial charge is 0.220 e. The van der Waals surface area contributed by atoms with Crippen LogP contribution in [0.25, 0.3) is 22.0 Å². The fourth-order valence-electron chi connectivity index (χ4n) is 6.44. The van der Waals surface area contributed by atoms with Gasteiger partial charge in [0.1, 0.15) is 7.05 Å². The Balaban J connectivity index is 1.66. The van der Waals surface area contributed by atoms with E-state index in [-0.39, 0.29) is 0 Å². The van der Waals surface area contributed by atoms with E-state index in [1.165, 1.54) is 89.5 Å². The molecule has 2 heterocycles. The second-order valence-corrected chi connectivity index (χ2v) is 17.2. The average Bonchev–Trinajstić information content (AvgIpc) is 3.35. The van der Waals surface area contributed by atoms with Gasteiger partial charge in [0.15, 0.2) is 5.69 Å². The van der Waals surface area contributed by atoms with Gasteiger partial charge >= 0.3 is 0 Å². The highest BCUT2D eigenvalue weighted by Crippen LogP contribution is 2.41. The molecule has 174 valence electrons. The summed E-state index contributed by atoms with van der Waals surface area (Å²) in [5.41, 5.74) is 9.44. The highest BCUT2D eigenvalue weighted by atomic mass is 28.3. The van der Waals surface area contributed by atoms with Crippen LogP contribution in [-0.2, 0) is 7.05 Å². The molecule has 0 atom stereocenters. The first-order chi connectivity index (χ1) is 16.2. The van der Waals surface area contributed by atoms with Gasteiger partial charge in [-0.05, 0) is 91.1 Å². The van der Waals surface area contributed by atoms with E-state index in [1.54, 1.807) is 0 Å². The maximum atomic E-state index is 9.02. The third-order valence-corrected chi connectivity index (χ3v) is 12.3. The Morgan fingerprint density at radius 3 is 2.24 bits per heavy atom. The predicted molar refractivity (Wildman–Crippen MR) is 145 cm³/mol. The summed E-state index contributed by atoms with van der Waals surface area (Å²) >= 11 is 0. The quantitative estimate of drug-likeness (QED) is 0.274. The fraction of sp³-hybridized carbons (Fsp3) is 0.516. The van der Waals surface area contributed by atoms with Crippen LogP contribution in [0.3, 0.4) is 0 Å². The second kappa shape index (κ2) is 8.69. The summed E-state index contributed by atoms with van der Waals surface area (Å²) in [6.45, 7) is 11.8. The van der Waals surface area contributed by atoms with Crippen LogP contribution in [-0.4, -0.2) is 8.07 Å². The van der Waals surface area contributed by atoms with Crippen LogP contribution in [0.5, 0.6) is 0 Å². The van der Waals surface area contributed by atoms with Crippen molar-refractivity contribution in [1.29, 1.82) is 0 Å². The van der Waals surface area contributed by atoms with E-state index in [0.29, 0.717) is 17.9 Å². The van der Waals surface area contributed by atoms with Gasteiger partial charge in [0.05, 0.1) is 12.3 Å². The number of pyridine rings is 1. The van der Waals surface area contributed by atoms with Crippen molar-refractivity contribution in [2.75, 3.05) is 0 Å². The van der Waals surface area contributed by atoms with E-state index >= 15 is 0 Å². The lowest BCUT2D eigenvalue weighted by Gasteiger charge is -2.33. The number of rotatable bonds is 3. The molecule has 1 aliphatic heterocycles. The van der Waals surface area contributed by atoms with E-state index in [4.69, 9.17) is 1.37 Å². The minimum Gasteiger partial charge on any atom is -0.198 e. The minimum atomic E-state index is -0.968. The topological polar surface area (TPSA) is 3.88 Å². The highest BCUT2D eigenvalue weighted by Gasteiger charge is 2.30. The van der Waals surface area contributed by atoms with E-state index in [9.17, 15) is 0 Å². The molecule has 2 aliphatic rings. The van der Waals surface area contributed by atoms with Crippen molar-refractivity contribution in [3.63, 3.8) is 0 Å². The van der Waals surface area contributed by atoms with Crippen molar-refractivity contribution in [2.24, 2.45) is 7.05 Å². The maximum absolute atomic E-state index is 9.02. The summed E-state index contributed by atoms with van der Waals surface area (Å²) in [5.74, 6) is 1.37. The zero-order valence-corrected chi connectivity index (χ0v) is 22.6. The molecule has 3 aromatic rings. The fourth-order valence-corrected chi connectivity index (χ4v) is 8.95. The normalized spacial score (nSPS) is 19.9. The molecule has 1 saturated carbocycles. The highest BCUT2D eigenvalue weighted by molar-refractivity contribution is 6.77. The van der Waals surface area contributed by atoms with Crippen LogP contribution in [0.4, 0.5) is 0 Å². The molecule has 0 radical (unpaired) electrons. The van der Waals surface area contributed by atoms with Crippen molar-refractivity contribution < 1.29 is 5.94 Å². The van der Waals surface area contributed by atoms with Crippen LogP contribution in [0.2, 0.25) is 25.2 Å². The van der Waals surface area contributed by atoms with E-state index in [2.05, 4.69) is 75.8 Å². The van der Waals surface area contributed by atoms with E-state index in [1.807, 2.05) is 0 Å². The van der Waals surface area contributed by atoms with Crippen LogP contribution < -0.4 is 4.57 Å². The van der Waals surface area contributed by atoms with Crippen LogP contribution in [0.15, 0.2) is 36.4 Å². The summed E-state index contributed by atoms with van der Waals surface area (Å²) < 4.78 is 11.3. The van der Waals surface area contributed by atoms with E-state index < -0.39 is 8.07 Å². The van der Waals surface area contributed by atoms with Gasteiger partial charge in [-0.25, -0.2) is 0 Å². The molecule has 0 N–H and O–H groups in total. The summed E-state index contributed by atoms with van der Waals surface area (Å²) in [6, 6.07) is 15.6. The molecule has 33 heavy (non-hydrogen) atoms. The molecule has 1 nitrogen and oxygen atoms in total. The Morgan fingerprint density at radius 1 is 0.879 bits per heavy atom. The summed E-state index contributed by atoms with van der Waals surface area (Å²) in [7, 11) is 1.19. The van der Waals surface area contributed by atoms with Crippen LogP contribution in [0.1, 0.15) is 79.7 Å². The molecular formula is C31H42NSi+. The monoisotopic (exact) mass is 457 g/mol. The average molecular weight is 458 g/mol. The number of aromatic nitrogens is 1. The molecule has 0 spiro atoms. The van der Waals surface area contributed by atoms with Crippen molar-refractivity contribution in [3.05, 3.63) is 64.3 Å². The third-order valence-electron chi connectivity index (χ3n) is 9.03. The lowest BCUT2D eigenvalue weighted by molar-refractivity contribution is -0.665. The molecule has 2 fully saturated rings. The first-order valence-corrected chi connectivity index (χ1v) is 16.6. The summed E-state index contributed by atoms with van der Waals surface area (Å²) in [6.07, 6.45) is 8.02. The first-order valence-electron chi connectivity index (χ1n) is 13.7. The Morgan fingerprint density at radius 2 is 1.55 bits per heavy atom. The van der Waals surface area contributed by atoms with Crippen LogP contribution >= 0.6 is 0 Å². The lowest BCUT2D eigenvalue weighted by atomic mass is 9.87. The number of hydrogen-bond donors (Lipinski definition) is 0. The number of benzene rings is 2. The summed E-state index contributed by atoms with van der Waals surface area (Å²) in [5, 5.41) is 2.37. The van der Waals surface area contributed by atoms with Crippen molar-refractivity contribution >= 4 is 18.8 Å². The van der Waals surface area contributed by atoms with Gasteiger partial charge in [-0.1, -0.05) is 56.2 Å². The van der Waals surface area contributed by atoms with Gasteiger partial charge in [0.2, 0.25) is 5.69 Å². The minimum absolute atomic E-state index is 0.664. The zero-order chi connectivity index (χ0) is 24.2. The molecule has 5 rings (SSSR count). The molecule has 2 heteroatoms. The molecule has 0 amide bonds. The van der Waals surface area contributed by atoms with Gasteiger partial charge in [-0.2, -0.15) is 4.57 Å². The second-order valence-electron chi connectivity index (χ2n) is 11.9. The summed E-state index contributed by atoms with van der Waals surface area (Å²) in [4.78, 5) is 0. The van der Waals surface area contributed by atoms with Gasteiger partial charge in [-0.15, -0.1) is 0 Å². The maximum Gasteiger partial charge on any atom is 0.220 e. The van der Waals surface area contributed by atoms with Gasteiger partial charge in [-0.3, -0.25) is 0 Å². The van der Waals surface area contributed by atoms with Crippen molar-refractivity contribution in [1.82, 2.24) is 0 Å². The van der Waals surface area contributed by atoms with Gasteiger partial charge < -0.3 is 0 Å². The van der Waals surface area contributed by atoms with Gasteiger partial charge in [0, 0.05) is 21.0 Å². The van der Waals surface area contributed by atoms with Gasteiger partial charge in [0.25, 0.3) is 0 Å². The predicted octanol–water partition coefficient (Wildman–Crippen LogP) is 8.50. The smallest absolute Gasteiger partial charge is 0.198 e. The molecule has 2 aromatic carbocycles. The van der Waals surface area contributed by atoms with Crippen molar-refractivity contribution in [3.8, 4) is 11.3 Å². The SMILES string of the molecule is [2H]c1c(C)[n+](C)c(-c2cc(C3CCCC3)cc(C)c2C)c2ccc(C3CC[Si](C)(C)CC3)cc12. The Bertz CT molecular complexity index is 1240. The first kappa shape index (κ1) is 21.6. The molecule has 0 unspecified atom stereocenters. The Labute approximate surface area is 203 Å². The van der Waals surface area contributed by atoms with Crippen LogP contribution in [0, 0.1) is 20.8 Å². The number of fused-ring (bicyclic) bond motifs is 1. The molecule has 1 aliphatic carbocycles. The molecule has 1 aromatic heterocycles. The Kier molecular flexibility index (Phi) is 5.69. The number of hydrogen-bond acceptors (Lipinski definition) is 0. The molecule has 0 bridgehead atoms. The lowest BCUT2D eigenvalue weighted by Crippen LogP contribution is -2.35. The third kappa shape index (κ3) is 4.32.